The topological polar surface area (TPSA) is 34.1 Å². The van der Waals surface area contributed by atoms with E-state index < -0.39 is 0 Å². The van der Waals surface area contributed by atoms with Crippen LogP contribution in [0.15, 0.2) is 24.4 Å². The van der Waals surface area contributed by atoms with E-state index in [9.17, 15) is 0 Å². The first kappa shape index (κ1) is 7.55. The van der Waals surface area contributed by atoms with E-state index in [1.165, 1.54) is 0 Å². The summed E-state index contributed by atoms with van der Waals surface area (Å²) in [7, 11) is 0. The van der Waals surface area contributed by atoms with Gasteiger partial charge in [0.05, 0.1) is 0 Å². The van der Waals surface area contributed by atoms with Crippen molar-refractivity contribution < 1.29 is 4.74 Å². The van der Waals surface area contributed by atoms with Gasteiger partial charge in [-0.15, -0.1) is 0 Å². The second kappa shape index (κ2) is 2.75. The van der Waals surface area contributed by atoms with Crippen LogP contribution in [0.25, 0.3) is 0 Å². The van der Waals surface area contributed by atoms with Crippen LogP contribution in [-0.2, 0) is 0 Å². The molecule has 1 aliphatic rings. The summed E-state index contributed by atoms with van der Waals surface area (Å²) in [6.07, 6.45) is 1.74. The Balaban J connectivity index is 2.04. The smallest absolute Gasteiger partial charge is 0.213 e. The van der Waals surface area contributed by atoms with Gasteiger partial charge in [0.1, 0.15) is 5.60 Å². The standard InChI is InChI=1S/C9H12N2O/c1-9(6-10-7-9)12-8-4-2-3-5-11-8/h2-5,10H,6-7H2,1H3. The van der Waals surface area contributed by atoms with Gasteiger partial charge in [0.25, 0.3) is 0 Å². The molecule has 0 spiro atoms. The summed E-state index contributed by atoms with van der Waals surface area (Å²) in [6.45, 7) is 3.89. The summed E-state index contributed by atoms with van der Waals surface area (Å²) in [6, 6.07) is 5.69. The van der Waals surface area contributed by atoms with E-state index in [0.717, 1.165) is 13.1 Å². The lowest BCUT2D eigenvalue weighted by Crippen LogP contribution is -2.61. The van der Waals surface area contributed by atoms with Crippen LogP contribution in [0.3, 0.4) is 0 Å². The number of ether oxygens (including phenoxy) is 1. The molecule has 0 aromatic carbocycles. The lowest BCUT2D eigenvalue weighted by atomic mass is 10.0. The van der Waals surface area contributed by atoms with Gasteiger partial charge in [-0.25, -0.2) is 4.98 Å². The summed E-state index contributed by atoms with van der Waals surface area (Å²) in [5.41, 5.74) is -0.0473. The lowest BCUT2D eigenvalue weighted by molar-refractivity contribution is 0.0305. The third kappa shape index (κ3) is 1.41. The monoisotopic (exact) mass is 164 g/mol. The third-order valence-electron chi connectivity index (χ3n) is 1.99. The van der Waals surface area contributed by atoms with E-state index in [1.54, 1.807) is 6.20 Å². The molecule has 64 valence electrons. The Labute approximate surface area is 71.8 Å². The second-order valence-corrected chi connectivity index (χ2v) is 3.32. The molecule has 0 bridgehead atoms. The molecule has 1 aromatic rings. The number of nitrogens with one attached hydrogen (secondary N) is 1. The Morgan fingerprint density at radius 1 is 1.50 bits per heavy atom. The van der Waals surface area contributed by atoms with E-state index in [1.807, 2.05) is 18.2 Å². The Kier molecular flexibility index (Phi) is 1.73. The summed E-state index contributed by atoms with van der Waals surface area (Å²) in [5, 5.41) is 3.17. The number of pyridine rings is 1. The van der Waals surface area contributed by atoms with Gasteiger partial charge in [-0.05, 0) is 13.0 Å². The van der Waals surface area contributed by atoms with Crippen LogP contribution in [0.5, 0.6) is 5.88 Å². The molecule has 0 unspecified atom stereocenters. The van der Waals surface area contributed by atoms with Crippen LogP contribution in [0.2, 0.25) is 0 Å². The maximum atomic E-state index is 5.66. The predicted molar refractivity (Wildman–Crippen MR) is 46.1 cm³/mol. The van der Waals surface area contributed by atoms with Gasteiger partial charge in [0, 0.05) is 25.4 Å². The molecule has 3 nitrogen and oxygen atoms in total. The zero-order valence-corrected chi connectivity index (χ0v) is 7.08. The molecule has 0 amide bonds. The third-order valence-corrected chi connectivity index (χ3v) is 1.99. The Hall–Kier alpha value is -1.09. The van der Waals surface area contributed by atoms with Crippen molar-refractivity contribution in [2.75, 3.05) is 13.1 Å². The van der Waals surface area contributed by atoms with Crippen molar-refractivity contribution in [3.05, 3.63) is 24.4 Å². The molecule has 1 aromatic heterocycles. The number of aromatic nitrogens is 1. The molecule has 1 N–H and O–H groups in total. The first-order chi connectivity index (χ1) is 5.79. The molecule has 3 heteroatoms. The van der Waals surface area contributed by atoms with E-state index in [4.69, 9.17) is 4.74 Å². The van der Waals surface area contributed by atoms with Crippen LogP contribution < -0.4 is 10.1 Å². The van der Waals surface area contributed by atoms with Crippen LogP contribution >= 0.6 is 0 Å². The van der Waals surface area contributed by atoms with Crippen molar-refractivity contribution in [2.24, 2.45) is 0 Å². The Morgan fingerprint density at radius 2 is 2.33 bits per heavy atom. The van der Waals surface area contributed by atoms with Crippen molar-refractivity contribution in [1.29, 1.82) is 0 Å². The minimum absolute atomic E-state index is 0.0473. The first-order valence-corrected chi connectivity index (χ1v) is 4.09. The first-order valence-electron chi connectivity index (χ1n) is 4.09. The van der Waals surface area contributed by atoms with Crippen molar-refractivity contribution in [3.63, 3.8) is 0 Å². The molecular formula is C9H12N2O. The molecule has 0 atom stereocenters. The molecule has 0 saturated carbocycles. The number of nitrogens with zero attached hydrogens (tertiary/aromatic N) is 1. The van der Waals surface area contributed by atoms with Crippen molar-refractivity contribution in [3.8, 4) is 5.88 Å². The highest BCUT2D eigenvalue weighted by atomic mass is 16.5. The molecule has 12 heavy (non-hydrogen) atoms. The van der Waals surface area contributed by atoms with Gasteiger partial charge in [0.2, 0.25) is 5.88 Å². The Morgan fingerprint density at radius 3 is 2.83 bits per heavy atom. The lowest BCUT2D eigenvalue weighted by Gasteiger charge is -2.38. The minimum atomic E-state index is -0.0473. The highest BCUT2D eigenvalue weighted by Crippen LogP contribution is 2.18. The van der Waals surface area contributed by atoms with Gasteiger partial charge >= 0.3 is 0 Å². The molecule has 1 aliphatic heterocycles. The van der Waals surface area contributed by atoms with Crippen molar-refractivity contribution >= 4 is 0 Å². The fourth-order valence-corrected chi connectivity index (χ4v) is 1.21. The van der Waals surface area contributed by atoms with E-state index in [2.05, 4.69) is 17.2 Å². The summed E-state index contributed by atoms with van der Waals surface area (Å²) in [5.74, 6) is 0.710. The summed E-state index contributed by atoms with van der Waals surface area (Å²) < 4.78 is 5.66. The van der Waals surface area contributed by atoms with Gasteiger partial charge in [-0.2, -0.15) is 0 Å². The van der Waals surface area contributed by atoms with E-state index in [-0.39, 0.29) is 5.60 Å². The number of rotatable bonds is 2. The maximum Gasteiger partial charge on any atom is 0.213 e. The zero-order valence-electron chi connectivity index (χ0n) is 7.08. The van der Waals surface area contributed by atoms with Gasteiger partial charge in [-0.3, -0.25) is 0 Å². The van der Waals surface area contributed by atoms with Crippen LogP contribution in [0.4, 0.5) is 0 Å². The van der Waals surface area contributed by atoms with E-state index in [0.29, 0.717) is 5.88 Å². The number of hydrogen-bond donors (Lipinski definition) is 1. The van der Waals surface area contributed by atoms with Gasteiger partial charge in [0.15, 0.2) is 0 Å². The summed E-state index contributed by atoms with van der Waals surface area (Å²) in [4.78, 5) is 4.10. The fourth-order valence-electron chi connectivity index (χ4n) is 1.21. The van der Waals surface area contributed by atoms with Crippen molar-refractivity contribution in [1.82, 2.24) is 10.3 Å². The van der Waals surface area contributed by atoms with Crippen molar-refractivity contribution in [2.45, 2.75) is 12.5 Å². The zero-order chi connectivity index (χ0) is 8.44. The van der Waals surface area contributed by atoms with Gasteiger partial charge < -0.3 is 10.1 Å². The average Bonchev–Trinajstić information content (AvgIpc) is 2.04. The SMILES string of the molecule is CC1(Oc2ccccn2)CNC1. The maximum absolute atomic E-state index is 5.66. The normalized spacial score (nSPS) is 19.8. The van der Waals surface area contributed by atoms with Gasteiger partial charge in [-0.1, -0.05) is 6.07 Å². The highest BCUT2D eigenvalue weighted by Gasteiger charge is 2.33. The Bertz CT molecular complexity index is 256. The highest BCUT2D eigenvalue weighted by molar-refractivity contribution is 5.12. The van der Waals surface area contributed by atoms with Crippen LogP contribution in [0.1, 0.15) is 6.92 Å². The largest absolute Gasteiger partial charge is 0.469 e. The fraction of sp³-hybridized carbons (Fsp3) is 0.444. The second-order valence-electron chi connectivity index (χ2n) is 3.32. The summed E-state index contributed by atoms with van der Waals surface area (Å²) >= 11 is 0. The molecule has 2 rings (SSSR count). The van der Waals surface area contributed by atoms with Crippen LogP contribution in [-0.4, -0.2) is 23.7 Å². The average molecular weight is 164 g/mol. The van der Waals surface area contributed by atoms with E-state index >= 15 is 0 Å². The molecule has 2 heterocycles. The molecule has 1 saturated heterocycles. The molecule has 1 fully saturated rings. The molecular weight excluding hydrogens is 152 g/mol. The molecule has 0 aliphatic carbocycles. The van der Waals surface area contributed by atoms with Crippen LogP contribution in [0, 0.1) is 0 Å². The quantitative estimate of drug-likeness (QED) is 0.702. The number of hydrogen-bond acceptors (Lipinski definition) is 3. The minimum Gasteiger partial charge on any atom is -0.469 e. The predicted octanol–water partition coefficient (Wildman–Crippen LogP) is 0.822. The molecule has 0 radical (unpaired) electrons.